The van der Waals surface area contributed by atoms with Crippen LogP contribution in [0.5, 0.6) is 0 Å². The Morgan fingerprint density at radius 1 is 1.25 bits per heavy atom. The molecule has 0 aliphatic carbocycles. The van der Waals surface area contributed by atoms with Crippen molar-refractivity contribution in [3.8, 4) is 0 Å². The zero-order valence-electron chi connectivity index (χ0n) is 13.2. The largest absolute Gasteiger partial charge is 0.356 e. The molecular weight excluding hydrogens is 250 g/mol. The molecule has 1 aliphatic heterocycles. The van der Waals surface area contributed by atoms with Gasteiger partial charge < -0.3 is 10.3 Å². The van der Waals surface area contributed by atoms with E-state index < -0.39 is 0 Å². The fourth-order valence-corrected chi connectivity index (χ4v) is 2.66. The number of aromatic nitrogens is 2. The van der Waals surface area contributed by atoms with E-state index in [1.165, 1.54) is 12.8 Å². The van der Waals surface area contributed by atoms with Gasteiger partial charge in [0.2, 0.25) is 0 Å². The minimum absolute atomic E-state index is 0.443. The Morgan fingerprint density at radius 3 is 2.45 bits per heavy atom. The van der Waals surface area contributed by atoms with E-state index in [0.29, 0.717) is 5.41 Å². The van der Waals surface area contributed by atoms with Gasteiger partial charge in [-0.3, -0.25) is 0 Å². The monoisotopic (exact) mass is 277 g/mol. The molecule has 3 N–H and O–H groups in total. The molecular formula is C15H27N5. The van der Waals surface area contributed by atoms with Gasteiger partial charge in [-0.15, -0.1) is 0 Å². The summed E-state index contributed by atoms with van der Waals surface area (Å²) in [4.78, 5) is 11.6. The van der Waals surface area contributed by atoms with Crippen LogP contribution >= 0.6 is 0 Å². The second-order valence-corrected chi connectivity index (χ2v) is 6.48. The molecule has 1 aliphatic rings. The number of anilines is 2. The normalized spacial score (nSPS) is 18.1. The molecule has 0 amide bonds. The zero-order valence-corrected chi connectivity index (χ0v) is 13.2. The Kier molecular flexibility index (Phi) is 4.48. The van der Waals surface area contributed by atoms with Crippen LogP contribution in [0.15, 0.2) is 0 Å². The lowest BCUT2D eigenvalue weighted by Crippen LogP contribution is -2.38. The van der Waals surface area contributed by atoms with Crippen LogP contribution in [0.2, 0.25) is 0 Å². The molecule has 0 aromatic carbocycles. The molecule has 112 valence electrons. The van der Waals surface area contributed by atoms with E-state index in [1.807, 2.05) is 6.92 Å². The molecule has 1 saturated heterocycles. The zero-order chi connectivity index (χ0) is 14.8. The van der Waals surface area contributed by atoms with Crippen LogP contribution in [0.1, 0.15) is 51.4 Å². The Hall–Kier alpha value is -1.36. The number of rotatable bonds is 4. The maximum atomic E-state index is 5.60. The molecule has 0 saturated carbocycles. The number of nitrogens with two attached hydrogens (primary N) is 1. The van der Waals surface area contributed by atoms with Crippen molar-refractivity contribution >= 4 is 11.6 Å². The minimum atomic E-state index is 0.443. The summed E-state index contributed by atoms with van der Waals surface area (Å²) in [5, 5.41) is 0. The Balaban J connectivity index is 2.28. The summed E-state index contributed by atoms with van der Waals surface area (Å²) in [5.74, 6) is 8.28. The van der Waals surface area contributed by atoms with Crippen LogP contribution in [0, 0.1) is 12.3 Å². The van der Waals surface area contributed by atoms with Crippen LogP contribution in [-0.4, -0.2) is 23.1 Å². The standard InChI is InChI=1S/C15H27N5/c1-5-6-12-17-13(19-16)11(2)14(18-12)20-9-7-15(3,4)8-10-20/h5-10,16H2,1-4H3,(H,17,18,19). The lowest BCUT2D eigenvalue weighted by Gasteiger charge is -2.38. The van der Waals surface area contributed by atoms with Gasteiger partial charge in [-0.2, -0.15) is 0 Å². The summed E-state index contributed by atoms with van der Waals surface area (Å²) >= 11 is 0. The average molecular weight is 277 g/mol. The number of nitrogens with zero attached hydrogens (tertiary/aromatic N) is 3. The lowest BCUT2D eigenvalue weighted by molar-refractivity contribution is 0.279. The van der Waals surface area contributed by atoms with Crippen LogP contribution in [0.4, 0.5) is 11.6 Å². The maximum Gasteiger partial charge on any atom is 0.148 e. The predicted molar refractivity (Wildman–Crippen MR) is 83.8 cm³/mol. The second kappa shape index (κ2) is 5.95. The van der Waals surface area contributed by atoms with Crippen molar-refractivity contribution in [2.45, 2.75) is 53.4 Å². The number of hydrazine groups is 1. The highest BCUT2D eigenvalue weighted by Gasteiger charge is 2.27. The van der Waals surface area contributed by atoms with Crippen molar-refractivity contribution in [2.24, 2.45) is 11.3 Å². The number of piperidine rings is 1. The van der Waals surface area contributed by atoms with Crippen molar-refractivity contribution in [3.05, 3.63) is 11.4 Å². The molecule has 5 nitrogen and oxygen atoms in total. The third-order valence-electron chi connectivity index (χ3n) is 4.19. The van der Waals surface area contributed by atoms with E-state index in [2.05, 4.69) is 36.1 Å². The van der Waals surface area contributed by atoms with Crippen molar-refractivity contribution in [1.29, 1.82) is 0 Å². The highest BCUT2D eigenvalue weighted by molar-refractivity contribution is 5.58. The molecule has 1 aromatic heterocycles. The highest BCUT2D eigenvalue weighted by atomic mass is 15.3. The smallest absolute Gasteiger partial charge is 0.148 e. The number of aryl methyl sites for hydroxylation is 1. The van der Waals surface area contributed by atoms with E-state index in [9.17, 15) is 0 Å². The van der Waals surface area contributed by atoms with E-state index in [-0.39, 0.29) is 0 Å². The predicted octanol–water partition coefficient (Wildman–Crippen LogP) is 2.65. The van der Waals surface area contributed by atoms with Gasteiger partial charge in [-0.25, -0.2) is 15.8 Å². The van der Waals surface area contributed by atoms with E-state index >= 15 is 0 Å². The van der Waals surface area contributed by atoms with Crippen LogP contribution < -0.4 is 16.2 Å². The molecule has 0 unspecified atom stereocenters. The molecule has 20 heavy (non-hydrogen) atoms. The molecule has 2 heterocycles. The topological polar surface area (TPSA) is 67.1 Å². The van der Waals surface area contributed by atoms with E-state index in [0.717, 1.165) is 49.0 Å². The lowest BCUT2D eigenvalue weighted by atomic mass is 9.82. The molecule has 2 rings (SSSR count). The van der Waals surface area contributed by atoms with Crippen molar-refractivity contribution in [2.75, 3.05) is 23.4 Å². The minimum Gasteiger partial charge on any atom is -0.356 e. The van der Waals surface area contributed by atoms with E-state index in [4.69, 9.17) is 10.8 Å². The molecule has 1 aromatic rings. The molecule has 5 heteroatoms. The summed E-state index contributed by atoms with van der Waals surface area (Å²) in [7, 11) is 0. The summed E-state index contributed by atoms with van der Waals surface area (Å²) in [5.41, 5.74) is 4.20. The van der Waals surface area contributed by atoms with Crippen LogP contribution in [-0.2, 0) is 6.42 Å². The van der Waals surface area contributed by atoms with Crippen molar-refractivity contribution < 1.29 is 0 Å². The molecule has 0 radical (unpaired) electrons. The third-order valence-corrected chi connectivity index (χ3v) is 4.19. The number of hydrogen-bond donors (Lipinski definition) is 2. The molecule has 0 atom stereocenters. The quantitative estimate of drug-likeness (QED) is 0.654. The van der Waals surface area contributed by atoms with Gasteiger partial charge in [0.25, 0.3) is 0 Å². The first-order valence-corrected chi connectivity index (χ1v) is 7.56. The molecule has 0 bridgehead atoms. The summed E-state index contributed by atoms with van der Waals surface area (Å²) in [6, 6.07) is 0. The number of nitrogens with one attached hydrogen (secondary N) is 1. The van der Waals surface area contributed by atoms with E-state index in [1.54, 1.807) is 0 Å². The SMILES string of the molecule is CCCc1nc(NN)c(C)c(N2CCC(C)(C)CC2)n1. The molecule has 1 fully saturated rings. The number of hydrogen-bond acceptors (Lipinski definition) is 5. The van der Waals surface area contributed by atoms with Crippen molar-refractivity contribution in [1.82, 2.24) is 9.97 Å². The fourth-order valence-electron chi connectivity index (χ4n) is 2.66. The molecule has 0 spiro atoms. The fraction of sp³-hybridized carbons (Fsp3) is 0.733. The first-order chi connectivity index (χ1) is 9.46. The summed E-state index contributed by atoms with van der Waals surface area (Å²) < 4.78 is 0. The first kappa shape index (κ1) is 15.0. The van der Waals surface area contributed by atoms with Gasteiger partial charge >= 0.3 is 0 Å². The third kappa shape index (κ3) is 3.20. The highest BCUT2D eigenvalue weighted by Crippen LogP contribution is 2.33. The first-order valence-electron chi connectivity index (χ1n) is 7.56. The van der Waals surface area contributed by atoms with Gasteiger partial charge in [0, 0.05) is 25.1 Å². The second-order valence-electron chi connectivity index (χ2n) is 6.48. The average Bonchev–Trinajstić information content (AvgIpc) is 2.41. The van der Waals surface area contributed by atoms with Gasteiger partial charge in [-0.05, 0) is 31.6 Å². The van der Waals surface area contributed by atoms with Gasteiger partial charge in [-0.1, -0.05) is 20.8 Å². The van der Waals surface area contributed by atoms with Gasteiger partial charge in [0.1, 0.15) is 17.5 Å². The van der Waals surface area contributed by atoms with Gasteiger partial charge in [0.05, 0.1) is 0 Å². The van der Waals surface area contributed by atoms with Crippen LogP contribution in [0.3, 0.4) is 0 Å². The summed E-state index contributed by atoms with van der Waals surface area (Å²) in [6.45, 7) is 11.0. The van der Waals surface area contributed by atoms with Crippen molar-refractivity contribution in [3.63, 3.8) is 0 Å². The Bertz CT molecular complexity index is 460. The van der Waals surface area contributed by atoms with Crippen LogP contribution in [0.25, 0.3) is 0 Å². The van der Waals surface area contributed by atoms with Gasteiger partial charge in [0.15, 0.2) is 0 Å². The number of nitrogen functional groups attached to an aromatic ring is 1. The Morgan fingerprint density at radius 2 is 1.90 bits per heavy atom. The summed E-state index contributed by atoms with van der Waals surface area (Å²) in [6.07, 6.45) is 4.33. The maximum absolute atomic E-state index is 5.60. The Labute approximate surface area is 121 Å².